The van der Waals surface area contributed by atoms with Gasteiger partial charge in [-0.05, 0) is 42.0 Å². The largest absolute Gasteiger partial charge is 0.325 e. The van der Waals surface area contributed by atoms with Crippen molar-refractivity contribution in [2.45, 2.75) is 18.6 Å². The molecule has 0 aliphatic carbocycles. The van der Waals surface area contributed by atoms with Gasteiger partial charge in [0.25, 0.3) is 0 Å². The van der Waals surface area contributed by atoms with Crippen LogP contribution in [0.25, 0.3) is 10.8 Å². The number of halogens is 1. The third-order valence-corrected chi connectivity index (χ3v) is 7.27. The third kappa shape index (κ3) is 4.52. The van der Waals surface area contributed by atoms with Crippen LogP contribution in [0.1, 0.15) is 18.4 Å². The number of anilines is 1. The first-order chi connectivity index (χ1) is 14.4. The molecule has 1 atom stereocenters. The van der Waals surface area contributed by atoms with Crippen molar-refractivity contribution in [3.05, 3.63) is 78.1 Å². The van der Waals surface area contributed by atoms with Crippen LogP contribution in [0.15, 0.2) is 66.7 Å². The van der Waals surface area contributed by atoms with E-state index in [9.17, 15) is 17.6 Å². The first-order valence-electron chi connectivity index (χ1n) is 9.93. The van der Waals surface area contributed by atoms with E-state index in [1.54, 1.807) is 0 Å². The van der Waals surface area contributed by atoms with Crippen LogP contribution in [0.5, 0.6) is 0 Å². The van der Waals surface area contributed by atoms with E-state index >= 15 is 0 Å². The van der Waals surface area contributed by atoms with Crippen LogP contribution in [0, 0.1) is 11.7 Å². The fourth-order valence-corrected chi connectivity index (χ4v) is 5.47. The van der Waals surface area contributed by atoms with Crippen molar-refractivity contribution in [1.29, 1.82) is 0 Å². The van der Waals surface area contributed by atoms with E-state index in [0.29, 0.717) is 24.9 Å². The number of hydrogen-bond acceptors (Lipinski definition) is 3. The molecule has 0 spiro atoms. The zero-order chi connectivity index (χ0) is 21.1. The number of nitrogens with one attached hydrogen (secondary N) is 1. The molecule has 4 rings (SSSR count). The summed E-state index contributed by atoms with van der Waals surface area (Å²) in [5.74, 6) is -1.20. The van der Waals surface area contributed by atoms with E-state index in [0.717, 1.165) is 16.5 Å². The van der Waals surface area contributed by atoms with Crippen LogP contribution in [0.3, 0.4) is 0 Å². The fraction of sp³-hybridized carbons (Fsp3) is 0.261. The summed E-state index contributed by atoms with van der Waals surface area (Å²) in [6, 6.07) is 19.0. The van der Waals surface area contributed by atoms with Gasteiger partial charge in [-0.25, -0.2) is 17.1 Å². The Bertz CT molecular complexity index is 1160. The monoisotopic (exact) mass is 426 g/mol. The molecule has 1 saturated heterocycles. The fourth-order valence-electron chi connectivity index (χ4n) is 3.86. The van der Waals surface area contributed by atoms with Gasteiger partial charge in [0.2, 0.25) is 15.9 Å². The average Bonchev–Trinajstić information content (AvgIpc) is 2.75. The van der Waals surface area contributed by atoms with Crippen LogP contribution in [-0.4, -0.2) is 31.7 Å². The number of carbonyl (C=O) groups excluding carboxylic acids is 1. The summed E-state index contributed by atoms with van der Waals surface area (Å²) in [7, 11) is -3.59. The van der Waals surface area contributed by atoms with Gasteiger partial charge < -0.3 is 5.32 Å². The molecule has 3 aromatic carbocycles. The van der Waals surface area contributed by atoms with Crippen molar-refractivity contribution in [3.8, 4) is 0 Å². The lowest BCUT2D eigenvalue weighted by atomic mass is 9.98. The molecule has 156 valence electrons. The minimum absolute atomic E-state index is 0.153. The molecule has 1 unspecified atom stereocenters. The zero-order valence-corrected chi connectivity index (χ0v) is 17.2. The third-order valence-electron chi connectivity index (χ3n) is 5.46. The first kappa shape index (κ1) is 20.5. The molecule has 0 saturated carbocycles. The Kier molecular flexibility index (Phi) is 5.83. The average molecular weight is 427 g/mol. The smallest absolute Gasteiger partial charge is 0.228 e. The summed E-state index contributed by atoms with van der Waals surface area (Å²) in [6.07, 6.45) is 1.26. The highest BCUT2D eigenvalue weighted by Crippen LogP contribution is 2.26. The van der Waals surface area contributed by atoms with Crippen LogP contribution in [0.2, 0.25) is 0 Å². The van der Waals surface area contributed by atoms with E-state index in [-0.39, 0.29) is 18.2 Å². The van der Waals surface area contributed by atoms with Crippen LogP contribution >= 0.6 is 0 Å². The highest BCUT2D eigenvalue weighted by molar-refractivity contribution is 7.88. The standard InChI is InChI=1S/C23H23FN2O3S/c24-20-12-10-17(11-13-20)16-30(28,29)26-14-4-7-19(15-26)23(27)25-22-9-3-6-18-5-1-2-8-21(18)22/h1-3,5-6,8-13,19H,4,7,14-16H2,(H,25,27). The van der Waals surface area contributed by atoms with Crippen LogP contribution < -0.4 is 5.32 Å². The van der Waals surface area contributed by atoms with E-state index in [4.69, 9.17) is 0 Å². The molecule has 1 aliphatic heterocycles. The molecular weight excluding hydrogens is 403 g/mol. The van der Waals surface area contributed by atoms with Crippen molar-refractivity contribution in [2.24, 2.45) is 5.92 Å². The van der Waals surface area contributed by atoms with Crippen molar-refractivity contribution in [1.82, 2.24) is 4.31 Å². The second-order valence-electron chi connectivity index (χ2n) is 7.60. The zero-order valence-electron chi connectivity index (χ0n) is 16.4. The number of amides is 1. The van der Waals surface area contributed by atoms with Gasteiger partial charge in [-0.15, -0.1) is 0 Å². The number of benzene rings is 3. The maximum atomic E-state index is 13.1. The lowest BCUT2D eigenvalue weighted by Crippen LogP contribution is -2.44. The Morgan fingerprint density at radius 1 is 1.03 bits per heavy atom. The minimum atomic E-state index is -3.59. The summed E-state index contributed by atoms with van der Waals surface area (Å²) in [4.78, 5) is 12.9. The molecule has 1 N–H and O–H groups in total. The van der Waals surface area contributed by atoms with Gasteiger partial charge in [0, 0.05) is 24.2 Å². The summed E-state index contributed by atoms with van der Waals surface area (Å²) in [5, 5.41) is 4.96. The Morgan fingerprint density at radius 2 is 1.77 bits per heavy atom. The Hall–Kier alpha value is -2.77. The number of piperidine rings is 1. The quantitative estimate of drug-likeness (QED) is 0.666. The molecule has 1 aliphatic rings. The molecule has 1 fully saturated rings. The number of rotatable bonds is 5. The maximum absolute atomic E-state index is 13.1. The van der Waals surface area contributed by atoms with E-state index < -0.39 is 21.8 Å². The molecule has 7 heteroatoms. The van der Waals surface area contributed by atoms with E-state index in [1.165, 1.54) is 28.6 Å². The summed E-state index contributed by atoms with van der Waals surface area (Å²) >= 11 is 0. The molecule has 1 heterocycles. The maximum Gasteiger partial charge on any atom is 0.228 e. The topological polar surface area (TPSA) is 66.5 Å². The Morgan fingerprint density at radius 3 is 2.57 bits per heavy atom. The molecule has 3 aromatic rings. The normalized spacial score (nSPS) is 17.7. The predicted octanol–water partition coefficient (Wildman–Crippen LogP) is 4.16. The lowest BCUT2D eigenvalue weighted by Gasteiger charge is -2.31. The Balaban J connectivity index is 1.46. The van der Waals surface area contributed by atoms with Gasteiger partial charge in [0.1, 0.15) is 5.82 Å². The lowest BCUT2D eigenvalue weighted by molar-refractivity contribution is -0.120. The van der Waals surface area contributed by atoms with Gasteiger partial charge in [0.05, 0.1) is 11.7 Å². The molecular formula is C23H23FN2O3S. The second kappa shape index (κ2) is 8.53. The molecule has 0 radical (unpaired) electrons. The van der Waals surface area contributed by atoms with Crippen molar-refractivity contribution in [2.75, 3.05) is 18.4 Å². The van der Waals surface area contributed by atoms with Gasteiger partial charge in [-0.2, -0.15) is 0 Å². The molecule has 0 aromatic heterocycles. The van der Waals surface area contributed by atoms with Gasteiger partial charge in [-0.1, -0.05) is 48.5 Å². The van der Waals surface area contributed by atoms with Crippen LogP contribution in [0.4, 0.5) is 10.1 Å². The first-order valence-corrected chi connectivity index (χ1v) is 11.5. The number of fused-ring (bicyclic) bond motifs is 1. The van der Waals surface area contributed by atoms with Crippen molar-refractivity contribution < 1.29 is 17.6 Å². The van der Waals surface area contributed by atoms with E-state index in [1.807, 2.05) is 42.5 Å². The van der Waals surface area contributed by atoms with Gasteiger partial charge in [-0.3, -0.25) is 4.79 Å². The Labute approximate surface area is 175 Å². The molecule has 5 nitrogen and oxygen atoms in total. The van der Waals surface area contributed by atoms with Crippen molar-refractivity contribution in [3.63, 3.8) is 0 Å². The number of sulfonamides is 1. The molecule has 30 heavy (non-hydrogen) atoms. The van der Waals surface area contributed by atoms with Crippen molar-refractivity contribution >= 4 is 32.4 Å². The summed E-state index contributed by atoms with van der Waals surface area (Å²) < 4.78 is 40.2. The van der Waals surface area contributed by atoms with Crippen LogP contribution in [-0.2, 0) is 20.6 Å². The van der Waals surface area contributed by atoms with Gasteiger partial charge >= 0.3 is 0 Å². The predicted molar refractivity (Wildman–Crippen MR) is 116 cm³/mol. The molecule has 1 amide bonds. The van der Waals surface area contributed by atoms with Gasteiger partial charge in [0.15, 0.2) is 0 Å². The summed E-state index contributed by atoms with van der Waals surface area (Å²) in [6.45, 7) is 0.543. The second-order valence-corrected chi connectivity index (χ2v) is 9.56. The SMILES string of the molecule is O=C(Nc1cccc2ccccc12)C1CCCN(S(=O)(=O)Cc2ccc(F)cc2)C1. The number of hydrogen-bond donors (Lipinski definition) is 1. The number of carbonyl (C=O) groups is 1. The van der Waals surface area contributed by atoms with E-state index in [2.05, 4.69) is 5.32 Å². The summed E-state index contributed by atoms with van der Waals surface area (Å²) in [5.41, 5.74) is 1.25. The highest BCUT2D eigenvalue weighted by Gasteiger charge is 2.32. The molecule has 0 bridgehead atoms. The minimum Gasteiger partial charge on any atom is -0.325 e. The number of nitrogens with zero attached hydrogens (tertiary/aromatic N) is 1. The highest BCUT2D eigenvalue weighted by atomic mass is 32.2.